The van der Waals surface area contributed by atoms with Crippen molar-refractivity contribution in [1.29, 1.82) is 0 Å². The summed E-state index contributed by atoms with van der Waals surface area (Å²) in [5, 5.41) is 6.35. The van der Waals surface area contributed by atoms with Crippen LogP contribution in [-0.4, -0.2) is 23.8 Å². The first-order chi connectivity index (χ1) is 16.0. The van der Waals surface area contributed by atoms with Gasteiger partial charge in [-0.1, -0.05) is 59.6 Å². The molecule has 1 heterocycles. The molecule has 168 valence electrons. The van der Waals surface area contributed by atoms with Crippen molar-refractivity contribution in [3.05, 3.63) is 99.2 Å². The van der Waals surface area contributed by atoms with E-state index in [1.165, 1.54) is 0 Å². The van der Waals surface area contributed by atoms with Gasteiger partial charge in [0.15, 0.2) is 0 Å². The first-order valence-electron chi connectivity index (χ1n) is 10.4. The number of carbonyl (C=O) groups is 1. The van der Waals surface area contributed by atoms with Crippen molar-refractivity contribution in [2.24, 2.45) is 5.10 Å². The van der Waals surface area contributed by atoms with E-state index in [4.69, 9.17) is 27.9 Å². The van der Waals surface area contributed by atoms with Gasteiger partial charge >= 0.3 is 0 Å². The van der Waals surface area contributed by atoms with E-state index >= 15 is 0 Å². The number of benzene rings is 3. The van der Waals surface area contributed by atoms with E-state index in [1.807, 2.05) is 61.5 Å². The van der Waals surface area contributed by atoms with Gasteiger partial charge < -0.3 is 9.30 Å². The maximum atomic E-state index is 12.3. The highest BCUT2D eigenvalue weighted by molar-refractivity contribution is 6.42. The largest absolute Gasteiger partial charge is 0.497 e. The fourth-order valence-electron chi connectivity index (χ4n) is 3.78. The van der Waals surface area contributed by atoms with Gasteiger partial charge in [0.25, 0.3) is 0 Å². The van der Waals surface area contributed by atoms with Crippen molar-refractivity contribution in [2.75, 3.05) is 7.11 Å². The van der Waals surface area contributed by atoms with Crippen molar-refractivity contribution in [3.63, 3.8) is 0 Å². The number of halogens is 2. The molecule has 0 fully saturated rings. The normalized spacial score (nSPS) is 11.3. The zero-order valence-corrected chi connectivity index (χ0v) is 19.8. The molecule has 0 aliphatic carbocycles. The number of hydrogen-bond donors (Lipinski definition) is 1. The molecule has 33 heavy (non-hydrogen) atoms. The van der Waals surface area contributed by atoms with E-state index in [2.05, 4.69) is 21.2 Å². The van der Waals surface area contributed by atoms with Crippen LogP contribution in [0.2, 0.25) is 10.0 Å². The Balaban J connectivity index is 1.53. The summed E-state index contributed by atoms with van der Waals surface area (Å²) in [7, 11) is 1.61. The molecule has 7 heteroatoms. The molecule has 1 N–H and O–H groups in total. The van der Waals surface area contributed by atoms with E-state index < -0.39 is 0 Å². The van der Waals surface area contributed by atoms with E-state index in [0.717, 1.165) is 39.0 Å². The average molecular weight is 480 g/mol. The Morgan fingerprint density at radius 2 is 1.76 bits per heavy atom. The third-order valence-corrected chi connectivity index (χ3v) is 6.25. The number of para-hydroxylation sites is 1. The van der Waals surface area contributed by atoms with Crippen molar-refractivity contribution < 1.29 is 9.53 Å². The molecule has 0 aliphatic heterocycles. The number of hydrogen-bond acceptors (Lipinski definition) is 3. The molecule has 0 spiro atoms. The molecule has 1 amide bonds. The average Bonchev–Trinajstić information content (AvgIpc) is 3.08. The molecule has 0 radical (unpaired) electrons. The van der Waals surface area contributed by atoms with Crippen molar-refractivity contribution in [3.8, 4) is 5.75 Å². The predicted octanol–water partition coefficient (Wildman–Crippen LogP) is 6.01. The lowest BCUT2D eigenvalue weighted by Crippen LogP contribution is -2.19. The molecule has 0 aliphatic rings. The minimum Gasteiger partial charge on any atom is -0.497 e. The third kappa shape index (κ3) is 5.21. The lowest BCUT2D eigenvalue weighted by molar-refractivity contribution is -0.120. The summed E-state index contributed by atoms with van der Waals surface area (Å²) in [5.41, 5.74) is 7.63. The molecule has 0 saturated carbocycles. The number of hydrazone groups is 1. The van der Waals surface area contributed by atoms with Crippen molar-refractivity contribution in [1.82, 2.24) is 9.99 Å². The monoisotopic (exact) mass is 479 g/mol. The summed E-state index contributed by atoms with van der Waals surface area (Å²) in [6, 6.07) is 21.2. The maximum absolute atomic E-state index is 12.3. The minimum atomic E-state index is -0.186. The summed E-state index contributed by atoms with van der Waals surface area (Å²) in [5.74, 6) is 0.568. The number of rotatable bonds is 7. The molecular formula is C26H23Cl2N3O2. The number of amides is 1. The van der Waals surface area contributed by atoms with Gasteiger partial charge in [-0.15, -0.1) is 0 Å². The second-order valence-corrected chi connectivity index (χ2v) is 8.48. The van der Waals surface area contributed by atoms with Crippen molar-refractivity contribution >= 4 is 46.2 Å². The Kier molecular flexibility index (Phi) is 7.02. The molecule has 0 atom stereocenters. The summed E-state index contributed by atoms with van der Waals surface area (Å²) >= 11 is 12.3. The van der Waals surface area contributed by atoms with Gasteiger partial charge in [0.05, 0.1) is 29.8 Å². The van der Waals surface area contributed by atoms with Crippen LogP contribution >= 0.6 is 23.2 Å². The Morgan fingerprint density at radius 1 is 1.03 bits per heavy atom. The second-order valence-electron chi connectivity index (χ2n) is 7.67. The maximum Gasteiger partial charge on any atom is 0.244 e. The molecule has 1 aromatic heterocycles. The lowest BCUT2D eigenvalue weighted by Gasteiger charge is -2.09. The summed E-state index contributed by atoms with van der Waals surface area (Å²) in [6.45, 7) is 2.68. The molecule has 4 aromatic rings. The van der Waals surface area contributed by atoms with Crippen LogP contribution in [0, 0.1) is 6.92 Å². The predicted molar refractivity (Wildman–Crippen MR) is 135 cm³/mol. The molecule has 0 bridgehead atoms. The lowest BCUT2D eigenvalue weighted by atomic mass is 10.1. The van der Waals surface area contributed by atoms with Gasteiger partial charge in [0.1, 0.15) is 5.75 Å². The highest BCUT2D eigenvalue weighted by Gasteiger charge is 2.13. The van der Waals surface area contributed by atoms with E-state index in [-0.39, 0.29) is 12.3 Å². The number of carbonyl (C=O) groups excluding carboxylic acids is 1. The zero-order chi connectivity index (χ0) is 23.4. The number of ether oxygens (including phenoxy) is 1. The van der Waals surface area contributed by atoms with E-state index in [1.54, 1.807) is 19.4 Å². The smallest absolute Gasteiger partial charge is 0.244 e. The number of nitrogens with zero attached hydrogens (tertiary/aromatic N) is 2. The van der Waals surface area contributed by atoms with Gasteiger partial charge in [-0.3, -0.25) is 4.79 Å². The van der Waals surface area contributed by atoms with Crippen LogP contribution in [0.25, 0.3) is 10.9 Å². The summed E-state index contributed by atoms with van der Waals surface area (Å²) in [4.78, 5) is 12.3. The van der Waals surface area contributed by atoms with Crippen LogP contribution in [0.15, 0.2) is 71.8 Å². The van der Waals surface area contributed by atoms with Gasteiger partial charge in [-0.25, -0.2) is 5.43 Å². The number of aromatic nitrogens is 1. The van der Waals surface area contributed by atoms with E-state index in [0.29, 0.717) is 16.6 Å². The Bertz CT molecular complexity index is 1330. The molecule has 4 rings (SSSR count). The summed E-state index contributed by atoms with van der Waals surface area (Å²) < 4.78 is 7.35. The topological polar surface area (TPSA) is 55.6 Å². The first-order valence-corrected chi connectivity index (χ1v) is 11.2. The third-order valence-electron chi connectivity index (χ3n) is 5.51. The van der Waals surface area contributed by atoms with Gasteiger partial charge in [-0.2, -0.15) is 5.10 Å². The number of methoxy groups -OCH3 is 1. The fourth-order valence-corrected chi connectivity index (χ4v) is 4.10. The van der Waals surface area contributed by atoms with Crippen LogP contribution in [-0.2, 0) is 17.8 Å². The van der Waals surface area contributed by atoms with Crippen LogP contribution in [0.4, 0.5) is 0 Å². The summed E-state index contributed by atoms with van der Waals surface area (Å²) in [6.07, 6.45) is 1.94. The first kappa shape index (κ1) is 22.9. The van der Waals surface area contributed by atoms with Crippen molar-refractivity contribution in [2.45, 2.75) is 19.9 Å². The minimum absolute atomic E-state index is 0.186. The molecule has 0 unspecified atom stereocenters. The van der Waals surface area contributed by atoms with E-state index in [9.17, 15) is 4.79 Å². The molecular weight excluding hydrogens is 457 g/mol. The Hall–Kier alpha value is -3.28. The SMILES string of the molecule is COc1ccc(CC(=O)NN=Cc2c(C)n(Cc3ccc(Cl)c(Cl)c3)c3ccccc23)cc1. The standard InChI is InChI=1S/C26H23Cl2N3O2/c1-17-22(15-29-30-26(32)14-18-7-10-20(33-2)11-8-18)21-5-3-4-6-25(21)31(17)16-19-9-12-23(27)24(28)13-19/h3-13,15H,14,16H2,1-2H3,(H,30,32). The van der Waals surface area contributed by atoms with Crippen LogP contribution in [0.5, 0.6) is 5.75 Å². The van der Waals surface area contributed by atoms with Crippen LogP contribution < -0.4 is 10.2 Å². The molecule has 3 aromatic carbocycles. The molecule has 0 saturated heterocycles. The van der Waals surface area contributed by atoms with Crippen LogP contribution in [0.3, 0.4) is 0 Å². The Labute approximate surface area is 202 Å². The van der Waals surface area contributed by atoms with Gasteiger partial charge in [-0.05, 0) is 48.4 Å². The fraction of sp³-hybridized carbons (Fsp3) is 0.154. The number of fused-ring (bicyclic) bond motifs is 1. The second kappa shape index (κ2) is 10.1. The van der Waals surface area contributed by atoms with Crippen LogP contribution in [0.1, 0.15) is 22.4 Å². The van der Waals surface area contributed by atoms with Gasteiger partial charge in [0, 0.05) is 28.7 Å². The highest BCUT2D eigenvalue weighted by Crippen LogP contribution is 2.28. The van der Waals surface area contributed by atoms with Gasteiger partial charge in [0.2, 0.25) is 5.91 Å². The quantitative estimate of drug-likeness (QED) is 0.260. The number of nitrogens with one attached hydrogen (secondary N) is 1. The highest BCUT2D eigenvalue weighted by atomic mass is 35.5. The zero-order valence-electron chi connectivity index (χ0n) is 18.3. The molecule has 5 nitrogen and oxygen atoms in total. The Morgan fingerprint density at radius 3 is 2.48 bits per heavy atom.